The van der Waals surface area contributed by atoms with Gasteiger partial charge in [0.15, 0.2) is 0 Å². The number of benzene rings is 2. The minimum absolute atomic E-state index is 0.0265. The number of aromatic nitrogens is 1. The molecule has 3 aromatic rings. The second-order valence-electron chi connectivity index (χ2n) is 6.13. The van der Waals surface area contributed by atoms with Gasteiger partial charge in [-0.2, -0.15) is 0 Å². The van der Waals surface area contributed by atoms with Gasteiger partial charge in [0.05, 0.1) is 12.1 Å². The molecule has 6 nitrogen and oxygen atoms in total. The number of aliphatic carboxylic acids is 1. The number of ether oxygens (including phenoxy) is 1. The normalized spacial score (nSPS) is 11.3. The zero-order chi connectivity index (χ0) is 20.5. The van der Waals surface area contributed by atoms with Crippen molar-refractivity contribution in [2.75, 3.05) is 13.2 Å². The molecule has 0 saturated carbocycles. The number of nitrogens with zero attached hydrogens (tertiary/aromatic N) is 1. The van der Waals surface area contributed by atoms with Crippen molar-refractivity contribution in [2.45, 2.75) is 13.3 Å². The highest BCUT2D eigenvalue weighted by Crippen LogP contribution is 2.23. The average Bonchev–Trinajstić information content (AvgIpc) is 3.26. The summed E-state index contributed by atoms with van der Waals surface area (Å²) in [7, 11) is 0. The van der Waals surface area contributed by atoms with Crippen molar-refractivity contribution < 1.29 is 19.5 Å². The number of carbonyl (C=O) groups is 1. The number of carboxylic acids is 1. The predicted octanol–water partition coefficient (Wildman–Crippen LogP) is 4.40. The Balaban J connectivity index is 1.45. The Bertz CT molecular complexity index is 953. The van der Waals surface area contributed by atoms with Crippen LogP contribution in [0, 0.1) is 0 Å². The molecule has 0 bridgehead atoms. The molecule has 7 heteroatoms. The first-order valence-electron chi connectivity index (χ1n) is 9.13. The van der Waals surface area contributed by atoms with Gasteiger partial charge in [0.2, 0.25) is 0 Å². The first-order chi connectivity index (χ1) is 14.2. The number of allylic oxidation sites excluding steroid dienone is 1. The zero-order valence-corrected chi connectivity index (χ0v) is 16.8. The summed E-state index contributed by atoms with van der Waals surface area (Å²) >= 11 is 1.61. The van der Waals surface area contributed by atoms with Crippen molar-refractivity contribution in [3.63, 3.8) is 0 Å². The molecular formula is C22H22N2O4S. The molecule has 1 heterocycles. The molecule has 0 saturated heterocycles. The van der Waals surface area contributed by atoms with E-state index in [1.54, 1.807) is 41.8 Å². The molecule has 3 rings (SSSR count). The van der Waals surface area contributed by atoms with Crippen LogP contribution in [0.4, 0.5) is 0 Å². The lowest BCUT2D eigenvalue weighted by Crippen LogP contribution is -2.17. The molecule has 29 heavy (non-hydrogen) atoms. The third kappa shape index (κ3) is 6.17. The van der Waals surface area contributed by atoms with Gasteiger partial charge in [0.1, 0.15) is 24.0 Å². The van der Waals surface area contributed by atoms with Crippen LogP contribution >= 0.6 is 11.3 Å². The van der Waals surface area contributed by atoms with E-state index in [-0.39, 0.29) is 6.42 Å². The maximum atomic E-state index is 10.8. The van der Waals surface area contributed by atoms with Gasteiger partial charge < -0.3 is 9.84 Å². The number of nitrogens with one attached hydrogen (secondary N) is 1. The van der Waals surface area contributed by atoms with Crippen molar-refractivity contribution in [2.24, 2.45) is 0 Å². The highest BCUT2D eigenvalue weighted by Gasteiger charge is 2.05. The molecule has 0 unspecified atom stereocenters. The van der Waals surface area contributed by atoms with Gasteiger partial charge in [-0.1, -0.05) is 42.5 Å². The lowest BCUT2D eigenvalue weighted by atomic mass is 10.1. The Labute approximate surface area is 173 Å². The topological polar surface area (TPSA) is 80.7 Å². The summed E-state index contributed by atoms with van der Waals surface area (Å²) in [5.41, 5.74) is 6.61. The number of hydroxylamine groups is 1. The van der Waals surface area contributed by atoms with Gasteiger partial charge in [-0.25, -0.2) is 4.98 Å². The molecule has 0 aliphatic carbocycles. The molecule has 1 aromatic heterocycles. The number of carboxylic acid groups (broad SMARTS) is 1. The largest absolute Gasteiger partial charge is 0.491 e. The smallest absolute Gasteiger partial charge is 0.307 e. The van der Waals surface area contributed by atoms with E-state index in [2.05, 4.69) is 10.5 Å². The molecular weight excluding hydrogens is 388 g/mol. The van der Waals surface area contributed by atoms with Crippen molar-refractivity contribution in [1.29, 1.82) is 0 Å². The lowest BCUT2D eigenvalue weighted by Gasteiger charge is -2.12. The van der Waals surface area contributed by atoms with Crippen molar-refractivity contribution >= 4 is 23.0 Å². The summed E-state index contributed by atoms with van der Waals surface area (Å²) in [6, 6.07) is 15.2. The zero-order valence-electron chi connectivity index (χ0n) is 16.0. The summed E-state index contributed by atoms with van der Waals surface area (Å²) in [5.74, 6) is -0.246. The SMILES string of the molecule is CC=C(NOCCOc1cccc(CC(=O)O)c1)c1ccc(-c2nccs2)cc1. The summed E-state index contributed by atoms with van der Waals surface area (Å²) < 4.78 is 5.62. The van der Waals surface area contributed by atoms with Crippen LogP contribution in [0.1, 0.15) is 18.1 Å². The van der Waals surface area contributed by atoms with Crippen LogP contribution in [0.5, 0.6) is 5.75 Å². The molecule has 2 N–H and O–H groups in total. The Hall–Kier alpha value is -3.16. The van der Waals surface area contributed by atoms with Crippen LogP contribution in [-0.2, 0) is 16.1 Å². The highest BCUT2D eigenvalue weighted by atomic mass is 32.1. The highest BCUT2D eigenvalue weighted by molar-refractivity contribution is 7.13. The van der Waals surface area contributed by atoms with Crippen LogP contribution in [0.3, 0.4) is 0 Å². The molecule has 0 radical (unpaired) electrons. The van der Waals surface area contributed by atoms with Crippen LogP contribution in [-0.4, -0.2) is 29.3 Å². The van der Waals surface area contributed by atoms with Crippen LogP contribution in [0.2, 0.25) is 0 Å². The van der Waals surface area contributed by atoms with E-state index in [4.69, 9.17) is 14.7 Å². The Morgan fingerprint density at radius 1 is 1.21 bits per heavy atom. The minimum atomic E-state index is -0.867. The van der Waals surface area contributed by atoms with Gasteiger partial charge in [-0.3, -0.25) is 15.1 Å². The van der Waals surface area contributed by atoms with Crippen LogP contribution in [0.25, 0.3) is 16.3 Å². The quantitative estimate of drug-likeness (QED) is 0.381. The standard InChI is InChI=1S/C22H22N2O4S/c1-2-20(17-6-8-18(9-7-17)22-23-10-13-29-22)24-28-12-11-27-19-5-3-4-16(14-19)15-21(25)26/h2-10,13-14,24H,11-12,15H2,1H3,(H,25,26). The third-order valence-corrected chi connectivity index (χ3v) is 4.88. The van der Waals surface area contributed by atoms with E-state index in [0.717, 1.165) is 21.8 Å². The van der Waals surface area contributed by atoms with E-state index in [1.165, 1.54) is 0 Å². The fourth-order valence-corrected chi connectivity index (χ4v) is 3.34. The van der Waals surface area contributed by atoms with Gasteiger partial charge >= 0.3 is 5.97 Å². The number of rotatable bonds is 10. The number of hydrogen-bond acceptors (Lipinski definition) is 6. The molecule has 150 valence electrons. The van der Waals surface area contributed by atoms with E-state index in [1.807, 2.05) is 42.6 Å². The Kier molecular flexibility index (Phi) is 7.38. The van der Waals surface area contributed by atoms with Crippen molar-refractivity contribution in [3.8, 4) is 16.3 Å². The molecule has 0 fully saturated rings. The first kappa shape index (κ1) is 20.6. The predicted molar refractivity (Wildman–Crippen MR) is 114 cm³/mol. The third-order valence-electron chi connectivity index (χ3n) is 4.05. The second-order valence-corrected chi connectivity index (χ2v) is 7.03. The van der Waals surface area contributed by atoms with E-state index in [0.29, 0.717) is 24.5 Å². The van der Waals surface area contributed by atoms with Crippen molar-refractivity contribution in [1.82, 2.24) is 10.5 Å². The van der Waals surface area contributed by atoms with Crippen LogP contribution < -0.4 is 10.2 Å². The van der Waals surface area contributed by atoms with E-state index in [9.17, 15) is 4.79 Å². The molecule has 2 aromatic carbocycles. The maximum Gasteiger partial charge on any atom is 0.307 e. The summed E-state index contributed by atoms with van der Waals surface area (Å²) in [4.78, 5) is 20.6. The second kappa shape index (κ2) is 10.4. The molecule has 0 spiro atoms. The molecule has 0 aliphatic heterocycles. The van der Waals surface area contributed by atoms with Gasteiger partial charge in [0.25, 0.3) is 0 Å². The fourth-order valence-electron chi connectivity index (χ4n) is 2.69. The monoisotopic (exact) mass is 410 g/mol. The van der Waals surface area contributed by atoms with Crippen LogP contribution in [0.15, 0.2) is 66.2 Å². The number of hydrogen-bond donors (Lipinski definition) is 2. The van der Waals surface area contributed by atoms with Crippen molar-refractivity contribution in [3.05, 3.63) is 77.3 Å². The molecule has 0 atom stereocenters. The summed E-state index contributed by atoms with van der Waals surface area (Å²) in [6.45, 7) is 2.60. The van der Waals surface area contributed by atoms with E-state index < -0.39 is 5.97 Å². The Morgan fingerprint density at radius 3 is 2.72 bits per heavy atom. The summed E-state index contributed by atoms with van der Waals surface area (Å²) in [6.07, 6.45) is 3.71. The molecule has 0 amide bonds. The summed E-state index contributed by atoms with van der Waals surface area (Å²) in [5, 5.41) is 11.8. The minimum Gasteiger partial charge on any atom is -0.491 e. The lowest BCUT2D eigenvalue weighted by molar-refractivity contribution is -0.136. The van der Waals surface area contributed by atoms with Gasteiger partial charge in [-0.05, 0) is 30.2 Å². The van der Waals surface area contributed by atoms with E-state index >= 15 is 0 Å². The maximum absolute atomic E-state index is 10.8. The van der Waals surface area contributed by atoms with Gasteiger partial charge in [0, 0.05) is 17.1 Å². The first-order valence-corrected chi connectivity index (χ1v) is 10.0. The van der Waals surface area contributed by atoms with Gasteiger partial charge in [-0.15, -0.1) is 11.3 Å². The number of thiazole rings is 1. The Morgan fingerprint density at radius 2 is 2.03 bits per heavy atom. The average molecular weight is 410 g/mol. The molecule has 0 aliphatic rings. The fraction of sp³-hybridized carbons (Fsp3) is 0.182.